The van der Waals surface area contributed by atoms with E-state index in [0.29, 0.717) is 18.4 Å². The SMILES string of the molecule is Cc1ccc(C=CC(=O)NCC2CCCCC2CO)cc1. The van der Waals surface area contributed by atoms with Gasteiger partial charge in [0, 0.05) is 19.2 Å². The van der Waals surface area contributed by atoms with Crippen LogP contribution in [0.15, 0.2) is 30.3 Å². The highest BCUT2D eigenvalue weighted by Gasteiger charge is 2.24. The maximum atomic E-state index is 11.9. The third kappa shape index (κ3) is 5.01. The van der Waals surface area contributed by atoms with E-state index in [-0.39, 0.29) is 12.5 Å². The van der Waals surface area contributed by atoms with Crippen molar-refractivity contribution < 1.29 is 9.90 Å². The number of rotatable bonds is 5. The lowest BCUT2D eigenvalue weighted by Crippen LogP contribution is -2.34. The molecule has 114 valence electrons. The lowest BCUT2D eigenvalue weighted by molar-refractivity contribution is -0.116. The van der Waals surface area contributed by atoms with Gasteiger partial charge in [-0.05, 0) is 43.2 Å². The summed E-state index contributed by atoms with van der Waals surface area (Å²) in [5.41, 5.74) is 2.24. The van der Waals surface area contributed by atoms with E-state index >= 15 is 0 Å². The number of amides is 1. The zero-order chi connectivity index (χ0) is 15.1. The zero-order valence-electron chi connectivity index (χ0n) is 12.7. The molecule has 0 saturated heterocycles. The van der Waals surface area contributed by atoms with E-state index in [1.165, 1.54) is 18.4 Å². The van der Waals surface area contributed by atoms with Gasteiger partial charge in [0.2, 0.25) is 5.91 Å². The molecule has 3 nitrogen and oxygen atoms in total. The Labute approximate surface area is 127 Å². The van der Waals surface area contributed by atoms with Crippen LogP contribution < -0.4 is 5.32 Å². The Hall–Kier alpha value is -1.61. The van der Waals surface area contributed by atoms with Crippen LogP contribution in [-0.4, -0.2) is 24.2 Å². The Morgan fingerprint density at radius 2 is 1.90 bits per heavy atom. The van der Waals surface area contributed by atoms with E-state index in [0.717, 1.165) is 18.4 Å². The number of aliphatic hydroxyl groups excluding tert-OH is 1. The molecule has 0 aliphatic heterocycles. The molecule has 0 spiro atoms. The van der Waals surface area contributed by atoms with Crippen LogP contribution in [0.5, 0.6) is 0 Å². The Bertz CT molecular complexity index is 478. The van der Waals surface area contributed by atoms with Crippen molar-refractivity contribution in [3.05, 3.63) is 41.5 Å². The Morgan fingerprint density at radius 1 is 1.24 bits per heavy atom. The van der Waals surface area contributed by atoms with E-state index in [1.54, 1.807) is 6.08 Å². The van der Waals surface area contributed by atoms with Gasteiger partial charge in [0.25, 0.3) is 0 Å². The van der Waals surface area contributed by atoms with E-state index in [4.69, 9.17) is 0 Å². The summed E-state index contributed by atoms with van der Waals surface area (Å²) in [6.07, 6.45) is 8.00. The molecule has 2 atom stereocenters. The molecular formula is C18H25NO2. The van der Waals surface area contributed by atoms with Crippen LogP contribution in [0, 0.1) is 18.8 Å². The highest BCUT2D eigenvalue weighted by Crippen LogP contribution is 2.28. The Kier molecular flexibility index (Phi) is 6.00. The first-order valence-electron chi connectivity index (χ1n) is 7.82. The highest BCUT2D eigenvalue weighted by molar-refractivity contribution is 5.91. The third-order valence-corrected chi connectivity index (χ3v) is 4.34. The first-order valence-corrected chi connectivity index (χ1v) is 7.82. The van der Waals surface area contributed by atoms with E-state index in [2.05, 4.69) is 5.32 Å². The van der Waals surface area contributed by atoms with Crippen LogP contribution in [0.1, 0.15) is 36.8 Å². The summed E-state index contributed by atoms with van der Waals surface area (Å²) in [6.45, 7) is 2.95. The van der Waals surface area contributed by atoms with E-state index in [1.807, 2.05) is 37.3 Å². The molecule has 1 fully saturated rings. The molecule has 1 aromatic carbocycles. The molecule has 0 bridgehead atoms. The lowest BCUT2D eigenvalue weighted by Gasteiger charge is -2.30. The number of aryl methyl sites for hydroxylation is 1. The van der Waals surface area contributed by atoms with Crippen molar-refractivity contribution >= 4 is 12.0 Å². The second-order valence-corrected chi connectivity index (χ2v) is 5.98. The molecule has 0 radical (unpaired) electrons. The summed E-state index contributed by atoms with van der Waals surface area (Å²) in [5.74, 6) is 0.707. The Balaban J connectivity index is 1.80. The Morgan fingerprint density at radius 3 is 2.57 bits per heavy atom. The van der Waals surface area contributed by atoms with Crippen LogP contribution in [0.25, 0.3) is 6.08 Å². The van der Waals surface area contributed by atoms with Gasteiger partial charge in [-0.25, -0.2) is 0 Å². The van der Waals surface area contributed by atoms with E-state index < -0.39 is 0 Å². The molecule has 1 aliphatic rings. The molecular weight excluding hydrogens is 262 g/mol. The lowest BCUT2D eigenvalue weighted by atomic mass is 9.79. The summed E-state index contributed by atoms with van der Waals surface area (Å²) in [4.78, 5) is 11.9. The molecule has 0 heterocycles. The average Bonchev–Trinajstić information content (AvgIpc) is 2.52. The highest BCUT2D eigenvalue weighted by atomic mass is 16.3. The topological polar surface area (TPSA) is 49.3 Å². The van der Waals surface area contributed by atoms with Gasteiger partial charge >= 0.3 is 0 Å². The molecule has 2 unspecified atom stereocenters. The molecule has 2 rings (SSSR count). The maximum Gasteiger partial charge on any atom is 0.244 e. The second-order valence-electron chi connectivity index (χ2n) is 5.98. The number of hydrogen-bond acceptors (Lipinski definition) is 2. The van der Waals surface area contributed by atoms with Crippen LogP contribution in [0.4, 0.5) is 0 Å². The third-order valence-electron chi connectivity index (χ3n) is 4.34. The smallest absolute Gasteiger partial charge is 0.244 e. The van der Waals surface area contributed by atoms with Crippen LogP contribution in [0.3, 0.4) is 0 Å². The molecule has 1 amide bonds. The van der Waals surface area contributed by atoms with Crippen molar-refractivity contribution in [2.45, 2.75) is 32.6 Å². The fourth-order valence-electron chi connectivity index (χ4n) is 2.93. The van der Waals surface area contributed by atoms with Gasteiger partial charge < -0.3 is 10.4 Å². The fourth-order valence-corrected chi connectivity index (χ4v) is 2.93. The number of carbonyl (C=O) groups is 1. The molecule has 21 heavy (non-hydrogen) atoms. The second kappa shape index (κ2) is 7.99. The summed E-state index contributed by atoms with van der Waals surface area (Å²) in [6, 6.07) is 8.07. The molecule has 0 aromatic heterocycles. The summed E-state index contributed by atoms with van der Waals surface area (Å²) >= 11 is 0. The first kappa shape index (κ1) is 15.8. The van der Waals surface area contributed by atoms with E-state index in [9.17, 15) is 9.90 Å². The standard InChI is InChI=1S/C18H25NO2/c1-14-6-8-15(9-7-14)10-11-18(21)19-12-16-4-2-3-5-17(16)13-20/h6-11,16-17,20H,2-5,12-13H2,1H3,(H,19,21). The van der Waals surface area contributed by atoms with Crippen molar-refractivity contribution in [1.29, 1.82) is 0 Å². The first-order chi connectivity index (χ1) is 10.2. The predicted octanol–water partition coefficient (Wildman–Crippen LogP) is 2.92. The summed E-state index contributed by atoms with van der Waals surface area (Å²) < 4.78 is 0. The molecule has 2 N–H and O–H groups in total. The number of benzene rings is 1. The predicted molar refractivity (Wildman–Crippen MR) is 85.8 cm³/mol. The minimum Gasteiger partial charge on any atom is -0.396 e. The average molecular weight is 287 g/mol. The van der Waals surface area contributed by atoms with Gasteiger partial charge in [-0.3, -0.25) is 4.79 Å². The van der Waals surface area contributed by atoms with Crippen molar-refractivity contribution in [1.82, 2.24) is 5.32 Å². The maximum absolute atomic E-state index is 11.9. The minimum atomic E-state index is -0.0576. The van der Waals surface area contributed by atoms with Gasteiger partial charge in [-0.2, -0.15) is 0 Å². The van der Waals surface area contributed by atoms with Crippen LogP contribution >= 0.6 is 0 Å². The normalized spacial score (nSPS) is 22.4. The van der Waals surface area contributed by atoms with Crippen LogP contribution in [-0.2, 0) is 4.79 Å². The van der Waals surface area contributed by atoms with Crippen LogP contribution in [0.2, 0.25) is 0 Å². The number of nitrogens with one attached hydrogen (secondary N) is 1. The van der Waals surface area contributed by atoms with Gasteiger partial charge in [-0.1, -0.05) is 42.7 Å². The zero-order valence-corrected chi connectivity index (χ0v) is 12.7. The largest absolute Gasteiger partial charge is 0.396 e. The van der Waals surface area contributed by atoms with Gasteiger partial charge in [0.05, 0.1) is 0 Å². The number of carbonyl (C=O) groups excluding carboxylic acids is 1. The molecule has 3 heteroatoms. The quantitative estimate of drug-likeness (QED) is 0.818. The van der Waals surface area contributed by atoms with Gasteiger partial charge in [-0.15, -0.1) is 0 Å². The van der Waals surface area contributed by atoms with Gasteiger partial charge in [0.1, 0.15) is 0 Å². The minimum absolute atomic E-state index is 0.0576. The number of hydrogen-bond donors (Lipinski definition) is 2. The van der Waals surface area contributed by atoms with Crippen molar-refractivity contribution in [3.63, 3.8) is 0 Å². The van der Waals surface area contributed by atoms with Crippen molar-refractivity contribution in [2.24, 2.45) is 11.8 Å². The summed E-state index contributed by atoms with van der Waals surface area (Å²) in [5, 5.41) is 12.3. The summed E-state index contributed by atoms with van der Waals surface area (Å²) in [7, 11) is 0. The number of aliphatic hydroxyl groups is 1. The molecule has 1 saturated carbocycles. The van der Waals surface area contributed by atoms with Gasteiger partial charge in [0.15, 0.2) is 0 Å². The monoisotopic (exact) mass is 287 g/mol. The van der Waals surface area contributed by atoms with Crippen molar-refractivity contribution in [3.8, 4) is 0 Å². The molecule has 1 aliphatic carbocycles. The van der Waals surface area contributed by atoms with Crippen molar-refractivity contribution in [2.75, 3.05) is 13.2 Å². The fraction of sp³-hybridized carbons (Fsp3) is 0.500. The molecule has 1 aromatic rings.